The summed E-state index contributed by atoms with van der Waals surface area (Å²) in [4.78, 5) is 2.00. The van der Waals surface area contributed by atoms with Crippen molar-refractivity contribution in [3.63, 3.8) is 0 Å². The van der Waals surface area contributed by atoms with Crippen molar-refractivity contribution >= 4 is 16.2 Å². The average Bonchev–Trinajstić information content (AvgIpc) is 2.57. The molecule has 0 saturated carbocycles. The maximum atomic E-state index is 12.2. The van der Waals surface area contributed by atoms with Gasteiger partial charge in [0.1, 0.15) is 0 Å². The van der Waals surface area contributed by atoms with Gasteiger partial charge in [0.05, 0.1) is 25.3 Å². The summed E-state index contributed by atoms with van der Waals surface area (Å²) in [5.74, 6) is 0.0621. The summed E-state index contributed by atoms with van der Waals surface area (Å²) in [6.07, 6.45) is 1.19. The van der Waals surface area contributed by atoms with Crippen molar-refractivity contribution in [2.24, 2.45) is 5.10 Å². The van der Waals surface area contributed by atoms with E-state index in [0.29, 0.717) is 11.3 Å². The van der Waals surface area contributed by atoms with Crippen LogP contribution in [0.3, 0.4) is 0 Å². The van der Waals surface area contributed by atoms with Gasteiger partial charge in [-0.1, -0.05) is 0 Å². The molecule has 0 unspecified atom stereocenters. The number of phenolic OH excluding ortho intramolecular Hbond substituents is 2. The van der Waals surface area contributed by atoms with E-state index >= 15 is 0 Å². The molecular formula is C15H16N2O6S. The SMILES string of the molecule is COc1ccc(S(=O)(=O)N/N=C/c2ccc(O)c(O)c2)cc1OC. The van der Waals surface area contributed by atoms with Gasteiger partial charge in [-0.2, -0.15) is 13.5 Å². The number of hydrazone groups is 1. The normalized spacial score (nSPS) is 11.4. The summed E-state index contributed by atoms with van der Waals surface area (Å²) < 4.78 is 34.5. The standard InChI is InChI=1S/C15H16N2O6S/c1-22-14-6-4-11(8-15(14)23-2)24(20,21)17-16-9-10-3-5-12(18)13(19)7-10/h3-9,17-19H,1-2H3/b16-9+. The Balaban J connectivity index is 2.19. The van der Waals surface area contributed by atoms with Crippen LogP contribution in [0.25, 0.3) is 0 Å². The molecule has 2 rings (SSSR count). The molecule has 2 aromatic carbocycles. The lowest BCUT2D eigenvalue weighted by molar-refractivity contribution is 0.354. The Bertz CT molecular complexity index is 864. The second-order valence-electron chi connectivity index (χ2n) is 4.62. The lowest BCUT2D eigenvalue weighted by Gasteiger charge is -2.09. The zero-order valence-corrected chi connectivity index (χ0v) is 13.7. The number of aromatic hydroxyl groups is 2. The molecule has 8 nitrogen and oxygen atoms in total. The number of sulfonamides is 1. The van der Waals surface area contributed by atoms with Crippen LogP contribution in [0.2, 0.25) is 0 Å². The Morgan fingerprint density at radius 2 is 1.71 bits per heavy atom. The number of ether oxygens (including phenoxy) is 2. The lowest BCUT2D eigenvalue weighted by Crippen LogP contribution is -2.18. The number of rotatable bonds is 6. The molecule has 2 aromatic rings. The number of hydrogen-bond donors (Lipinski definition) is 3. The molecule has 0 saturated heterocycles. The van der Waals surface area contributed by atoms with Gasteiger partial charge in [0.25, 0.3) is 10.0 Å². The second kappa shape index (κ2) is 7.09. The Hall–Kier alpha value is -2.94. The number of nitrogens with zero attached hydrogens (tertiary/aromatic N) is 1. The summed E-state index contributed by atoms with van der Waals surface area (Å²) in [5.41, 5.74) is 0.403. The van der Waals surface area contributed by atoms with E-state index in [1.165, 1.54) is 56.8 Å². The van der Waals surface area contributed by atoms with Crippen molar-refractivity contribution in [2.75, 3.05) is 14.2 Å². The van der Waals surface area contributed by atoms with Gasteiger partial charge in [-0.3, -0.25) is 0 Å². The van der Waals surface area contributed by atoms with E-state index in [9.17, 15) is 18.6 Å². The number of nitrogens with one attached hydrogen (secondary N) is 1. The molecule has 0 aliphatic heterocycles. The highest BCUT2D eigenvalue weighted by molar-refractivity contribution is 7.89. The molecule has 0 fully saturated rings. The van der Waals surface area contributed by atoms with Crippen molar-refractivity contribution in [2.45, 2.75) is 4.90 Å². The average molecular weight is 352 g/mol. The number of phenols is 2. The van der Waals surface area contributed by atoms with Crippen molar-refractivity contribution in [3.8, 4) is 23.0 Å². The molecule has 24 heavy (non-hydrogen) atoms. The zero-order valence-electron chi connectivity index (χ0n) is 12.9. The summed E-state index contributed by atoms with van der Waals surface area (Å²) in [6.45, 7) is 0. The fourth-order valence-corrected chi connectivity index (χ4v) is 2.63. The van der Waals surface area contributed by atoms with Gasteiger partial charge in [0.15, 0.2) is 23.0 Å². The van der Waals surface area contributed by atoms with Crippen LogP contribution in [-0.4, -0.2) is 39.1 Å². The minimum atomic E-state index is -3.90. The predicted molar refractivity (Wildman–Crippen MR) is 87.2 cm³/mol. The molecule has 0 aromatic heterocycles. The van der Waals surface area contributed by atoms with E-state index < -0.39 is 10.0 Å². The summed E-state index contributed by atoms with van der Waals surface area (Å²) in [6, 6.07) is 8.09. The number of hydrogen-bond acceptors (Lipinski definition) is 7. The highest BCUT2D eigenvalue weighted by Gasteiger charge is 2.16. The molecule has 0 atom stereocenters. The largest absolute Gasteiger partial charge is 0.504 e. The van der Waals surface area contributed by atoms with E-state index in [0.717, 1.165) is 0 Å². The monoisotopic (exact) mass is 352 g/mol. The second-order valence-corrected chi connectivity index (χ2v) is 6.28. The van der Waals surface area contributed by atoms with Gasteiger partial charge >= 0.3 is 0 Å². The first kappa shape index (κ1) is 17.4. The van der Waals surface area contributed by atoms with Gasteiger partial charge in [-0.15, -0.1) is 0 Å². The smallest absolute Gasteiger partial charge is 0.276 e. The van der Waals surface area contributed by atoms with Crippen molar-refractivity contribution in [3.05, 3.63) is 42.0 Å². The van der Waals surface area contributed by atoms with Gasteiger partial charge in [-0.25, -0.2) is 4.83 Å². The minimum Gasteiger partial charge on any atom is -0.504 e. The number of benzene rings is 2. The lowest BCUT2D eigenvalue weighted by atomic mass is 10.2. The van der Waals surface area contributed by atoms with E-state index in [2.05, 4.69) is 5.10 Å². The minimum absolute atomic E-state index is 0.0501. The highest BCUT2D eigenvalue weighted by atomic mass is 32.2. The van der Waals surface area contributed by atoms with Crippen molar-refractivity contribution < 1.29 is 28.1 Å². The van der Waals surface area contributed by atoms with Gasteiger partial charge < -0.3 is 19.7 Å². The Kier molecular flexibility index (Phi) is 5.14. The van der Waals surface area contributed by atoms with Crippen molar-refractivity contribution in [1.29, 1.82) is 0 Å². The molecule has 0 heterocycles. The fourth-order valence-electron chi connectivity index (χ4n) is 1.83. The van der Waals surface area contributed by atoms with Crippen LogP contribution in [0.15, 0.2) is 46.4 Å². The molecule has 3 N–H and O–H groups in total. The topological polar surface area (TPSA) is 117 Å². The van der Waals surface area contributed by atoms with E-state index in [1.54, 1.807) is 0 Å². The molecule has 9 heteroatoms. The molecule has 0 radical (unpaired) electrons. The first-order valence-electron chi connectivity index (χ1n) is 6.66. The van der Waals surface area contributed by atoms with E-state index in [1.807, 2.05) is 4.83 Å². The number of methoxy groups -OCH3 is 2. The summed E-state index contributed by atoms with van der Waals surface area (Å²) >= 11 is 0. The maximum absolute atomic E-state index is 12.2. The first-order chi connectivity index (χ1) is 11.4. The fraction of sp³-hybridized carbons (Fsp3) is 0.133. The summed E-state index contributed by atoms with van der Waals surface area (Å²) in [7, 11) is -1.06. The molecule has 0 bridgehead atoms. The molecular weight excluding hydrogens is 336 g/mol. The molecule has 0 aliphatic carbocycles. The maximum Gasteiger partial charge on any atom is 0.276 e. The third-order valence-electron chi connectivity index (χ3n) is 3.05. The van der Waals surface area contributed by atoms with Gasteiger partial charge in [0.2, 0.25) is 0 Å². The first-order valence-corrected chi connectivity index (χ1v) is 8.14. The molecule has 0 amide bonds. The van der Waals surface area contributed by atoms with Crippen LogP contribution in [0.4, 0.5) is 0 Å². The third kappa shape index (κ3) is 3.87. The van der Waals surface area contributed by atoms with E-state index in [4.69, 9.17) is 9.47 Å². The van der Waals surface area contributed by atoms with Gasteiger partial charge in [-0.05, 0) is 35.9 Å². The van der Waals surface area contributed by atoms with Gasteiger partial charge in [0, 0.05) is 6.07 Å². The molecule has 128 valence electrons. The Morgan fingerprint density at radius 3 is 2.33 bits per heavy atom. The van der Waals surface area contributed by atoms with E-state index in [-0.39, 0.29) is 22.1 Å². The van der Waals surface area contributed by atoms with Crippen LogP contribution < -0.4 is 14.3 Å². The van der Waals surface area contributed by atoms with Crippen molar-refractivity contribution in [1.82, 2.24) is 4.83 Å². The molecule has 0 aliphatic rings. The Morgan fingerprint density at radius 1 is 1.00 bits per heavy atom. The molecule has 0 spiro atoms. The Labute approximate surface area is 139 Å². The predicted octanol–water partition coefficient (Wildman–Crippen LogP) is 1.43. The third-order valence-corrected chi connectivity index (χ3v) is 4.27. The highest BCUT2D eigenvalue weighted by Crippen LogP contribution is 2.29. The van der Waals surface area contributed by atoms with Crippen LogP contribution in [0, 0.1) is 0 Å². The summed E-state index contributed by atoms with van der Waals surface area (Å²) in [5, 5.41) is 22.2. The van der Waals surface area contributed by atoms with Crippen LogP contribution in [0.1, 0.15) is 5.56 Å². The quantitative estimate of drug-likeness (QED) is 0.411. The zero-order chi connectivity index (χ0) is 17.7. The van der Waals surface area contributed by atoms with Crippen LogP contribution in [0.5, 0.6) is 23.0 Å². The van der Waals surface area contributed by atoms with Crippen LogP contribution in [-0.2, 0) is 10.0 Å². The van der Waals surface area contributed by atoms with Crippen LogP contribution >= 0.6 is 0 Å².